The topological polar surface area (TPSA) is 46.2 Å². The van der Waals surface area contributed by atoms with Crippen LogP contribution in [0.4, 0.5) is 5.69 Å². The van der Waals surface area contributed by atoms with E-state index in [1.807, 2.05) is 67.6 Å². The van der Waals surface area contributed by atoms with Gasteiger partial charge >= 0.3 is 0 Å². The van der Waals surface area contributed by atoms with E-state index in [4.69, 9.17) is 0 Å². The third kappa shape index (κ3) is 3.47. The van der Waals surface area contributed by atoms with Crippen molar-refractivity contribution in [1.82, 2.24) is 0 Å². The fourth-order valence-electron chi connectivity index (χ4n) is 2.59. The average Bonchev–Trinajstić information content (AvgIpc) is 2.56. The molecule has 0 bridgehead atoms. The molecule has 0 spiro atoms. The van der Waals surface area contributed by atoms with Crippen molar-refractivity contribution in [2.75, 3.05) is 4.72 Å². The highest BCUT2D eigenvalue weighted by Crippen LogP contribution is 2.38. The minimum Gasteiger partial charge on any atom is -0.282 e. The highest BCUT2D eigenvalue weighted by Gasteiger charge is 2.39. The summed E-state index contributed by atoms with van der Waals surface area (Å²) in [7, 11) is -3.62. The van der Waals surface area contributed by atoms with Gasteiger partial charge in [-0.05, 0) is 35.8 Å². The van der Waals surface area contributed by atoms with Crippen LogP contribution < -0.4 is 4.72 Å². The highest BCUT2D eigenvalue weighted by atomic mass is 79.9. The van der Waals surface area contributed by atoms with Crippen molar-refractivity contribution in [2.24, 2.45) is 0 Å². The molecule has 0 fully saturated rings. The van der Waals surface area contributed by atoms with Crippen LogP contribution in [-0.4, -0.2) is 12.1 Å². The summed E-state index contributed by atoms with van der Waals surface area (Å²) >= 11 is 3.41. The lowest BCUT2D eigenvalue weighted by Gasteiger charge is -2.26. The maximum Gasteiger partial charge on any atom is 0.252 e. The number of nitrogens with one attached hydrogen (secondary N) is 1. The molecule has 1 unspecified atom stereocenters. The summed E-state index contributed by atoms with van der Waals surface area (Å²) in [5.41, 5.74) is 3.67. The number of aryl methyl sites for hydroxylation is 1. The summed E-state index contributed by atoms with van der Waals surface area (Å²) in [6, 6.07) is 17.2. The van der Waals surface area contributed by atoms with Crippen molar-refractivity contribution >= 4 is 37.2 Å². The number of rotatable bonds is 4. The molecular formula is C19H18BrNO2S. The maximum absolute atomic E-state index is 12.8. The predicted octanol–water partition coefficient (Wildman–Crippen LogP) is 4.87. The molecule has 1 aliphatic rings. The highest BCUT2D eigenvalue weighted by molar-refractivity contribution is 9.11. The van der Waals surface area contributed by atoms with E-state index in [2.05, 4.69) is 20.7 Å². The number of anilines is 1. The molecule has 0 amide bonds. The van der Waals surface area contributed by atoms with Crippen LogP contribution in [0.15, 0.2) is 72.8 Å². The number of benzene rings is 2. The van der Waals surface area contributed by atoms with Crippen LogP contribution in [-0.2, 0) is 10.0 Å². The summed E-state index contributed by atoms with van der Waals surface area (Å²) in [6.45, 7) is 1.93. The number of alkyl halides is 1. The van der Waals surface area contributed by atoms with E-state index < -0.39 is 13.7 Å². The van der Waals surface area contributed by atoms with Crippen molar-refractivity contribution in [1.29, 1.82) is 0 Å². The van der Waals surface area contributed by atoms with Crippen molar-refractivity contribution in [2.45, 2.75) is 17.0 Å². The second-order valence-electron chi connectivity index (χ2n) is 5.82. The maximum atomic E-state index is 12.8. The lowest BCUT2D eigenvalue weighted by Crippen LogP contribution is -2.35. The molecule has 124 valence electrons. The summed E-state index contributed by atoms with van der Waals surface area (Å²) in [4.78, 5) is 0. The normalized spacial score (nSPS) is 20.5. The monoisotopic (exact) mass is 403 g/mol. The molecule has 5 heteroatoms. The molecule has 2 aromatic rings. The molecule has 0 saturated carbocycles. The number of hydrogen-bond acceptors (Lipinski definition) is 2. The van der Waals surface area contributed by atoms with Gasteiger partial charge in [0.1, 0.15) is 0 Å². The van der Waals surface area contributed by atoms with Crippen molar-refractivity contribution < 1.29 is 8.42 Å². The first-order valence-electron chi connectivity index (χ1n) is 7.62. The van der Waals surface area contributed by atoms with Crippen LogP contribution in [0.5, 0.6) is 0 Å². The summed E-state index contributed by atoms with van der Waals surface area (Å²) in [5.74, 6) is 0. The summed E-state index contributed by atoms with van der Waals surface area (Å²) < 4.78 is 27.1. The Morgan fingerprint density at radius 3 is 2.46 bits per heavy atom. The van der Waals surface area contributed by atoms with Crippen LogP contribution in [0.25, 0.3) is 5.57 Å². The van der Waals surface area contributed by atoms with Gasteiger partial charge in [-0.15, -0.1) is 0 Å². The minimum atomic E-state index is -3.62. The van der Waals surface area contributed by atoms with E-state index in [9.17, 15) is 8.42 Å². The van der Waals surface area contributed by atoms with E-state index in [0.717, 1.165) is 16.7 Å². The Hall–Kier alpha value is -1.85. The minimum absolute atomic E-state index is 0.356. The zero-order chi connectivity index (χ0) is 17.2. The van der Waals surface area contributed by atoms with E-state index >= 15 is 0 Å². The molecule has 3 nitrogen and oxygen atoms in total. The summed E-state index contributed by atoms with van der Waals surface area (Å²) in [5, 5.41) is 0. The van der Waals surface area contributed by atoms with E-state index in [1.54, 1.807) is 12.1 Å². The first-order valence-corrected chi connectivity index (χ1v) is 9.90. The van der Waals surface area contributed by atoms with Crippen LogP contribution in [0.1, 0.15) is 17.5 Å². The van der Waals surface area contributed by atoms with E-state index in [1.165, 1.54) is 0 Å². The Balaban J connectivity index is 1.82. The van der Waals surface area contributed by atoms with Gasteiger partial charge in [-0.2, -0.15) is 0 Å². The van der Waals surface area contributed by atoms with Gasteiger partial charge in [-0.1, -0.05) is 76.6 Å². The molecule has 3 rings (SSSR count). The standard InChI is InChI=1S/C19H18BrNO2S/c1-15-6-5-9-18(14-15)21-24(22,23)19(20)12-10-17(11-13-19)16-7-3-2-4-8-16/h2-12,14,21H,13H2,1H3. The molecule has 0 heterocycles. The number of sulfonamides is 1. The van der Waals surface area contributed by atoms with Crippen molar-refractivity contribution in [3.63, 3.8) is 0 Å². The van der Waals surface area contributed by atoms with Crippen LogP contribution in [0.2, 0.25) is 0 Å². The molecule has 24 heavy (non-hydrogen) atoms. The third-order valence-electron chi connectivity index (χ3n) is 3.94. The molecule has 0 aliphatic heterocycles. The predicted molar refractivity (Wildman–Crippen MR) is 104 cm³/mol. The van der Waals surface area contributed by atoms with Crippen LogP contribution >= 0.6 is 15.9 Å². The molecule has 0 aromatic heterocycles. The molecule has 1 N–H and O–H groups in total. The quantitative estimate of drug-likeness (QED) is 0.739. The number of allylic oxidation sites excluding steroid dienone is 3. The first kappa shape index (κ1) is 17.0. The Labute approximate surface area is 151 Å². The van der Waals surface area contributed by atoms with Gasteiger partial charge in [0, 0.05) is 12.1 Å². The van der Waals surface area contributed by atoms with Gasteiger partial charge in [0.25, 0.3) is 10.0 Å². The van der Waals surface area contributed by atoms with E-state index in [-0.39, 0.29) is 0 Å². The number of hydrogen-bond donors (Lipinski definition) is 1. The molecule has 0 saturated heterocycles. The van der Waals surface area contributed by atoms with E-state index in [0.29, 0.717) is 12.1 Å². The summed E-state index contributed by atoms with van der Waals surface area (Å²) in [6.07, 6.45) is 5.85. The molecule has 1 atom stereocenters. The van der Waals surface area contributed by atoms with Crippen LogP contribution in [0.3, 0.4) is 0 Å². The average molecular weight is 404 g/mol. The zero-order valence-corrected chi connectivity index (χ0v) is 15.6. The molecule has 2 aromatic carbocycles. The Morgan fingerprint density at radius 1 is 1.08 bits per heavy atom. The van der Waals surface area contributed by atoms with Gasteiger partial charge in [-0.25, -0.2) is 8.42 Å². The second kappa shape index (κ2) is 6.57. The van der Waals surface area contributed by atoms with Gasteiger partial charge in [0.15, 0.2) is 3.66 Å². The Morgan fingerprint density at radius 2 is 1.83 bits per heavy atom. The fourth-order valence-corrected chi connectivity index (χ4v) is 4.29. The zero-order valence-electron chi connectivity index (χ0n) is 13.2. The Kier molecular flexibility index (Phi) is 4.65. The fraction of sp³-hybridized carbons (Fsp3) is 0.158. The largest absolute Gasteiger partial charge is 0.282 e. The smallest absolute Gasteiger partial charge is 0.252 e. The SMILES string of the molecule is Cc1cccc(NS(=O)(=O)C2(Br)C=CC(c3ccccc3)=CC2)c1. The second-order valence-corrected chi connectivity index (χ2v) is 9.70. The first-order chi connectivity index (χ1) is 11.4. The third-order valence-corrected chi connectivity index (χ3v) is 7.50. The molecule has 1 aliphatic carbocycles. The lowest BCUT2D eigenvalue weighted by atomic mass is 9.99. The Bertz CT molecular complexity index is 904. The van der Waals surface area contributed by atoms with Crippen LogP contribution in [0, 0.1) is 6.92 Å². The number of halogens is 1. The van der Waals surface area contributed by atoms with Gasteiger partial charge in [-0.3, -0.25) is 4.72 Å². The molecule has 0 radical (unpaired) electrons. The molecular weight excluding hydrogens is 386 g/mol. The van der Waals surface area contributed by atoms with Crippen molar-refractivity contribution in [3.05, 3.63) is 84.0 Å². The lowest BCUT2D eigenvalue weighted by molar-refractivity contribution is 0.590. The van der Waals surface area contributed by atoms with Gasteiger partial charge < -0.3 is 0 Å². The van der Waals surface area contributed by atoms with Gasteiger partial charge in [0.2, 0.25) is 0 Å². The van der Waals surface area contributed by atoms with Gasteiger partial charge in [0.05, 0.1) is 0 Å². The van der Waals surface area contributed by atoms with Crippen molar-refractivity contribution in [3.8, 4) is 0 Å².